The Hall–Kier alpha value is -0.354. The first kappa shape index (κ1) is 16.7. The van der Waals surface area contributed by atoms with Gasteiger partial charge in [0.2, 0.25) is 0 Å². The number of fused-ring (bicyclic) bond motifs is 1. The summed E-state index contributed by atoms with van der Waals surface area (Å²) in [5, 5.41) is 0. The first-order chi connectivity index (χ1) is 8.42. The molecule has 0 atom stereocenters. The average molecular weight is 327 g/mol. The smallest absolute Gasteiger partial charge is 1.00 e. The zero-order valence-electron chi connectivity index (χ0n) is 11.0. The monoisotopic (exact) mass is 325 g/mol. The van der Waals surface area contributed by atoms with Gasteiger partial charge in [0.15, 0.2) is 0 Å². The minimum atomic E-state index is 0. The molecule has 3 rings (SSSR count). The van der Waals surface area contributed by atoms with Crippen molar-refractivity contribution in [1.82, 2.24) is 4.90 Å². The summed E-state index contributed by atoms with van der Waals surface area (Å²) in [7, 11) is 0. The molecule has 0 spiro atoms. The molecule has 3 heteroatoms. The maximum absolute atomic E-state index is 3.14. The van der Waals surface area contributed by atoms with E-state index in [1.807, 2.05) is 6.07 Å². The van der Waals surface area contributed by atoms with E-state index >= 15 is 0 Å². The second-order valence-electron chi connectivity index (χ2n) is 4.64. The molecule has 0 saturated heterocycles. The molecule has 0 unspecified atom stereocenters. The van der Waals surface area contributed by atoms with Gasteiger partial charge in [-0.05, 0) is 24.1 Å². The molecule has 0 aromatic heterocycles. The molecular weight excluding hydrogens is 310 g/mol. The fraction of sp³-hybridized carbons (Fsp3) is 0.250. The van der Waals surface area contributed by atoms with E-state index in [1.165, 1.54) is 23.1 Å². The van der Waals surface area contributed by atoms with Crippen LogP contribution in [-0.2, 0) is 19.5 Å². The predicted molar refractivity (Wildman–Crippen MR) is 75.3 cm³/mol. The fourth-order valence-corrected chi connectivity index (χ4v) is 2.48. The van der Waals surface area contributed by atoms with Crippen molar-refractivity contribution in [3.05, 3.63) is 71.3 Å². The average Bonchev–Trinajstić information content (AvgIpc) is 2.40. The van der Waals surface area contributed by atoms with Crippen molar-refractivity contribution in [2.24, 2.45) is 0 Å². The van der Waals surface area contributed by atoms with Gasteiger partial charge in [0.25, 0.3) is 0 Å². The maximum Gasteiger partial charge on any atom is 2.00 e. The Morgan fingerprint density at radius 2 is 1.84 bits per heavy atom. The first-order valence-electron chi connectivity index (χ1n) is 6.16. The molecule has 0 amide bonds. The molecule has 1 heterocycles. The van der Waals surface area contributed by atoms with Crippen LogP contribution in [0, 0.1) is 6.07 Å². The molecule has 1 aliphatic rings. The summed E-state index contributed by atoms with van der Waals surface area (Å²) in [5.41, 5.74) is 4.36. The minimum absolute atomic E-state index is 0. The molecule has 2 aromatic carbocycles. The largest absolute Gasteiger partial charge is 2.00 e. The molecule has 0 fully saturated rings. The topological polar surface area (TPSA) is 3.24 Å². The van der Waals surface area contributed by atoms with E-state index in [4.69, 9.17) is 0 Å². The minimum Gasteiger partial charge on any atom is -1.00 e. The molecule has 94 valence electrons. The summed E-state index contributed by atoms with van der Waals surface area (Å²) in [5.74, 6) is 0. The van der Waals surface area contributed by atoms with E-state index in [2.05, 4.69) is 53.4 Å². The summed E-state index contributed by atoms with van der Waals surface area (Å²) in [6.45, 7) is 3.27. The van der Waals surface area contributed by atoms with E-state index in [0.717, 1.165) is 19.6 Å². The Kier molecular flexibility index (Phi) is 7.08. The van der Waals surface area contributed by atoms with Crippen molar-refractivity contribution < 1.29 is 17.0 Å². The van der Waals surface area contributed by atoms with E-state index in [1.54, 1.807) is 0 Å². The molecule has 19 heavy (non-hydrogen) atoms. The van der Waals surface area contributed by atoms with Crippen LogP contribution in [0.1, 0.15) is 16.7 Å². The van der Waals surface area contributed by atoms with E-state index in [-0.39, 0.29) is 40.0 Å². The number of hydrogen-bond donors (Lipinski definition) is 0. The van der Waals surface area contributed by atoms with Gasteiger partial charge in [-0.3, -0.25) is 0 Å². The van der Waals surface area contributed by atoms with Crippen molar-refractivity contribution in [3.63, 3.8) is 0 Å². The summed E-state index contributed by atoms with van der Waals surface area (Å²) >= 11 is 0. The maximum atomic E-state index is 3.14. The first-order valence-corrected chi connectivity index (χ1v) is 6.16. The molecule has 1 aliphatic heterocycles. The van der Waals surface area contributed by atoms with E-state index in [0.29, 0.717) is 0 Å². The number of nitrogens with zero attached hydrogens (tertiary/aromatic N) is 1. The van der Waals surface area contributed by atoms with Gasteiger partial charge in [0.1, 0.15) is 0 Å². The number of rotatable bonds is 2. The third-order valence-corrected chi connectivity index (χ3v) is 3.39. The van der Waals surface area contributed by atoms with Gasteiger partial charge in [-0.2, -0.15) is 30.3 Å². The third kappa shape index (κ3) is 4.31. The second kappa shape index (κ2) is 8.05. The molecule has 0 bridgehead atoms. The van der Waals surface area contributed by atoms with Crippen LogP contribution in [0.5, 0.6) is 0 Å². The summed E-state index contributed by atoms with van der Waals surface area (Å²) < 4.78 is 0. The number of hydrogen-bond acceptors (Lipinski definition) is 1. The van der Waals surface area contributed by atoms with Crippen molar-refractivity contribution in [1.29, 1.82) is 0 Å². The fourth-order valence-electron chi connectivity index (χ4n) is 2.48. The van der Waals surface area contributed by atoms with Crippen molar-refractivity contribution in [3.8, 4) is 0 Å². The Labute approximate surface area is 141 Å². The van der Waals surface area contributed by atoms with Crippen LogP contribution in [0.25, 0.3) is 0 Å². The van der Waals surface area contributed by atoms with Crippen molar-refractivity contribution in [2.45, 2.75) is 19.5 Å². The van der Waals surface area contributed by atoms with Gasteiger partial charge in [-0.15, -0.1) is 5.56 Å². The molecule has 0 aliphatic carbocycles. The summed E-state index contributed by atoms with van der Waals surface area (Å²) in [4.78, 5) is 2.51. The van der Waals surface area contributed by atoms with Crippen LogP contribution in [0.3, 0.4) is 0 Å². The summed E-state index contributed by atoms with van der Waals surface area (Å²) in [6, 6.07) is 20.2. The van der Waals surface area contributed by atoms with Crippen molar-refractivity contribution >= 4 is 23.1 Å². The van der Waals surface area contributed by atoms with Gasteiger partial charge >= 0.3 is 23.1 Å². The Morgan fingerprint density at radius 1 is 1.05 bits per heavy atom. The van der Waals surface area contributed by atoms with Crippen LogP contribution in [-0.4, -0.2) is 34.5 Å². The molecule has 1 nitrogen and oxygen atoms in total. The molecule has 0 N–H and O–H groups in total. The van der Waals surface area contributed by atoms with Crippen LogP contribution >= 0.6 is 0 Å². The Bertz CT molecular complexity index is 501. The molecule has 0 saturated carbocycles. The normalized spacial score (nSPS) is 13.9. The Balaban J connectivity index is 0.000000902. The van der Waals surface area contributed by atoms with Crippen LogP contribution < -0.4 is 17.0 Å². The standard InChI is InChI=1S/C16H16N.BrH.Mg/c1-2-6-14(7-3-1)12-17-11-10-15-8-4-5-9-16(15)13-17;;/h1-2,4-9H,10-13H2;1H;/q-1;;+2/p-1. The van der Waals surface area contributed by atoms with Crippen molar-refractivity contribution in [2.75, 3.05) is 6.54 Å². The van der Waals surface area contributed by atoms with Gasteiger partial charge in [0.05, 0.1) is 0 Å². The van der Waals surface area contributed by atoms with Gasteiger partial charge in [0, 0.05) is 13.1 Å². The predicted octanol–water partition coefficient (Wildman–Crippen LogP) is -0.332. The van der Waals surface area contributed by atoms with E-state index < -0.39 is 0 Å². The van der Waals surface area contributed by atoms with E-state index in [9.17, 15) is 0 Å². The van der Waals surface area contributed by atoms with Gasteiger partial charge in [-0.1, -0.05) is 24.3 Å². The Morgan fingerprint density at radius 3 is 2.58 bits per heavy atom. The molecule has 2 aromatic rings. The number of halogens is 1. The zero-order valence-corrected chi connectivity index (χ0v) is 14.0. The third-order valence-electron chi connectivity index (χ3n) is 3.39. The summed E-state index contributed by atoms with van der Waals surface area (Å²) in [6.07, 6.45) is 1.17. The van der Waals surface area contributed by atoms with Gasteiger partial charge in [-0.25, -0.2) is 0 Å². The molecular formula is C16H16BrMgN. The van der Waals surface area contributed by atoms with Crippen LogP contribution in [0.2, 0.25) is 0 Å². The van der Waals surface area contributed by atoms with Gasteiger partial charge < -0.3 is 21.9 Å². The zero-order chi connectivity index (χ0) is 11.5. The van der Waals surface area contributed by atoms with Crippen LogP contribution in [0.15, 0.2) is 48.5 Å². The molecule has 0 radical (unpaired) electrons. The quantitative estimate of drug-likeness (QED) is 0.540. The van der Waals surface area contributed by atoms with Crippen LogP contribution in [0.4, 0.5) is 0 Å². The number of benzene rings is 2. The second-order valence-corrected chi connectivity index (χ2v) is 4.64. The SMILES string of the molecule is [Br-].[Mg+2].[c-]1cccc(CN2CCc3ccccc3C2)c1.